The SMILES string of the molecule is CCOC(=O)c1c(CN(C)C)n(C)c2cc(C#N)c3c(c12)CN(C)CO3. The summed E-state index contributed by atoms with van der Waals surface area (Å²) < 4.78 is 13.2. The van der Waals surface area contributed by atoms with Crippen molar-refractivity contribution in [1.29, 1.82) is 5.26 Å². The van der Waals surface area contributed by atoms with Gasteiger partial charge in [0.1, 0.15) is 18.5 Å². The molecule has 0 fully saturated rings. The molecule has 0 unspecified atom stereocenters. The maximum absolute atomic E-state index is 12.8. The number of carbonyl (C=O) groups is 1. The smallest absolute Gasteiger partial charge is 0.340 e. The molecule has 0 N–H and O–H groups in total. The van der Waals surface area contributed by atoms with Crippen LogP contribution in [0.4, 0.5) is 0 Å². The molecule has 0 saturated carbocycles. The lowest BCUT2D eigenvalue weighted by molar-refractivity contribution is 0.0526. The monoisotopic (exact) mass is 356 g/mol. The van der Waals surface area contributed by atoms with Crippen molar-refractivity contribution in [3.8, 4) is 11.8 Å². The van der Waals surface area contributed by atoms with E-state index in [1.807, 2.05) is 42.6 Å². The number of benzene rings is 1. The first-order valence-corrected chi connectivity index (χ1v) is 8.59. The highest BCUT2D eigenvalue weighted by atomic mass is 16.5. The number of ether oxygens (including phenoxy) is 2. The summed E-state index contributed by atoms with van der Waals surface area (Å²) in [4.78, 5) is 16.8. The number of nitrogens with zero attached hydrogens (tertiary/aromatic N) is 4. The predicted molar refractivity (Wildman–Crippen MR) is 97.9 cm³/mol. The molecule has 26 heavy (non-hydrogen) atoms. The molecule has 1 aromatic heterocycles. The van der Waals surface area contributed by atoms with Gasteiger partial charge in [0.15, 0.2) is 0 Å². The van der Waals surface area contributed by atoms with Crippen LogP contribution in [0.1, 0.15) is 34.1 Å². The van der Waals surface area contributed by atoms with E-state index in [0.29, 0.717) is 43.3 Å². The first-order valence-electron chi connectivity index (χ1n) is 8.59. The fraction of sp³-hybridized carbons (Fsp3) is 0.474. The molecule has 1 aromatic carbocycles. The molecule has 138 valence electrons. The second kappa shape index (κ2) is 6.98. The van der Waals surface area contributed by atoms with E-state index in [1.165, 1.54) is 0 Å². The van der Waals surface area contributed by atoms with E-state index in [-0.39, 0.29) is 5.97 Å². The molecule has 0 spiro atoms. The van der Waals surface area contributed by atoms with Crippen LogP contribution in [-0.4, -0.2) is 54.8 Å². The van der Waals surface area contributed by atoms with Gasteiger partial charge in [0, 0.05) is 36.8 Å². The van der Waals surface area contributed by atoms with Gasteiger partial charge in [-0.1, -0.05) is 0 Å². The molecular weight excluding hydrogens is 332 g/mol. The molecule has 0 amide bonds. The second-order valence-electron chi connectivity index (χ2n) is 6.86. The molecule has 3 rings (SSSR count). The first kappa shape index (κ1) is 18.2. The molecule has 1 aliphatic rings. The Kier molecular flexibility index (Phi) is 4.90. The number of esters is 1. The van der Waals surface area contributed by atoms with Gasteiger partial charge in [-0.2, -0.15) is 5.26 Å². The quantitative estimate of drug-likeness (QED) is 0.781. The number of nitriles is 1. The molecule has 7 heteroatoms. The van der Waals surface area contributed by atoms with Gasteiger partial charge in [-0.3, -0.25) is 4.90 Å². The van der Waals surface area contributed by atoms with Crippen LogP contribution in [0.15, 0.2) is 6.07 Å². The standard InChI is InChI=1S/C19H24N4O3/c1-6-25-19(24)17-15(10-21(2)3)23(5)14-7-12(8-20)18-13(16(14)17)9-22(4)11-26-18/h7H,6,9-11H2,1-5H3. The molecule has 7 nitrogen and oxygen atoms in total. The number of fused-ring (bicyclic) bond motifs is 3. The molecule has 0 atom stereocenters. The zero-order valence-corrected chi connectivity index (χ0v) is 15.9. The van der Waals surface area contributed by atoms with Crippen LogP contribution in [0.2, 0.25) is 0 Å². The highest BCUT2D eigenvalue weighted by Gasteiger charge is 2.30. The minimum Gasteiger partial charge on any atom is -0.476 e. The Morgan fingerprint density at radius 3 is 2.77 bits per heavy atom. The summed E-state index contributed by atoms with van der Waals surface area (Å²) in [6.45, 7) is 3.73. The number of carbonyl (C=O) groups excluding carboxylic acids is 1. The Bertz CT molecular complexity index is 908. The summed E-state index contributed by atoms with van der Waals surface area (Å²) in [6, 6.07) is 4.04. The predicted octanol–water partition coefficient (Wildman–Crippen LogP) is 2.07. The van der Waals surface area contributed by atoms with Crippen LogP contribution in [-0.2, 0) is 24.9 Å². The molecule has 1 aliphatic heterocycles. The van der Waals surface area contributed by atoms with Gasteiger partial charge in [0.05, 0.1) is 23.3 Å². The Labute approximate surface area is 153 Å². The minimum absolute atomic E-state index is 0.311. The topological polar surface area (TPSA) is 70.7 Å². The van der Waals surface area contributed by atoms with Gasteiger partial charge in [0.25, 0.3) is 0 Å². The highest BCUT2D eigenvalue weighted by Crippen LogP contribution is 2.39. The zero-order chi connectivity index (χ0) is 19.0. The molecule has 2 heterocycles. The maximum Gasteiger partial charge on any atom is 0.340 e. The first-order chi connectivity index (χ1) is 12.4. The number of hydrogen-bond donors (Lipinski definition) is 0. The van der Waals surface area contributed by atoms with Crippen molar-refractivity contribution < 1.29 is 14.3 Å². The number of aryl methyl sites for hydroxylation is 1. The fourth-order valence-electron chi connectivity index (χ4n) is 3.50. The molecule has 0 saturated heterocycles. The van der Waals surface area contributed by atoms with Gasteiger partial charge in [0.2, 0.25) is 0 Å². The number of hydrogen-bond acceptors (Lipinski definition) is 6. The lowest BCUT2D eigenvalue weighted by atomic mass is 9.99. The van der Waals surface area contributed by atoms with Gasteiger partial charge < -0.3 is 18.9 Å². The average Bonchev–Trinajstić information content (AvgIpc) is 2.86. The van der Waals surface area contributed by atoms with Crippen LogP contribution in [0.5, 0.6) is 5.75 Å². The maximum atomic E-state index is 12.8. The highest BCUT2D eigenvalue weighted by molar-refractivity contribution is 6.08. The number of aromatic nitrogens is 1. The third kappa shape index (κ3) is 2.91. The van der Waals surface area contributed by atoms with Crippen molar-refractivity contribution in [1.82, 2.24) is 14.4 Å². The third-order valence-corrected chi connectivity index (χ3v) is 4.59. The van der Waals surface area contributed by atoms with Crippen molar-refractivity contribution >= 4 is 16.9 Å². The second-order valence-corrected chi connectivity index (χ2v) is 6.86. The van der Waals surface area contributed by atoms with E-state index in [9.17, 15) is 10.1 Å². The molecule has 0 bridgehead atoms. The van der Waals surface area contributed by atoms with Crippen molar-refractivity contribution in [3.63, 3.8) is 0 Å². The minimum atomic E-state index is -0.338. The van der Waals surface area contributed by atoms with E-state index in [1.54, 1.807) is 13.0 Å². The lowest BCUT2D eigenvalue weighted by Gasteiger charge is -2.27. The van der Waals surface area contributed by atoms with Gasteiger partial charge in [-0.15, -0.1) is 0 Å². The van der Waals surface area contributed by atoms with Crippen LogP contribution in [0.3, 0.4) is 0 Å². The Balaban J connectivity index is 2.40. The lowest BCUT2D eigenvalue weighted by Crippen LogP contribution is -2.29. The third-order valence-electron chi connectivity index (χ3n) is 4.59. The average molecular weight is 356 g/mol. The van der Waals surface area contributed by atoms with Crippen molar-refractivity contribution in [2.75, 3.05) is 34.5 Å². The normalized spacial score (nSPS) is 14.2. The summed E-state index contributed by atoms with van der Waals surface area (Å²) in [5.41, 5.74) is 3.65. The van der Waals surface area contributed by atoms with Gasteiger partial charge >= 0.3 is 5.97 Å². The molecule has 2 aromatic rings. The summed E-state index contributed by atoms with van der Waals surface area (Å²) in [6.07, 6.45) is 0. The molecule has 0 aliphatic carbocycles. The van der Waals surface area contributed by atoms with Crippen molar-refractivity contribution in [2.24, 2.45) is 7.05 Å². The summed E-state index contributed by atoms with van der Waals surface area (Å²) in [7, 11) is 7.78. The fourth-order valence-corrected chi connectivity index (χ4v) is 3.50. The van der Waals surface area contributed by atoms with E-state index in [4.69, 9.17) is 9.47 Å². The Morgan fingerprint density at radius 2 is 2.15 bits per heavy atom. The molecule has 0 radical (unpaired) electrons. The van der Waals surface area contributed by atoms with Crippen LogP contribution < -0.4 is 4.74 Å². The van der Waals surface area contributed by atoms with Crippen molar-refractivity contribution in [2.45, 2.75) is 20.0 Å². The summed E-state index contributed by atoms with van der Waals surface area (Å²) in [5, 5.41) is 10.4. The van der Waals surface area contributed by atoms with Crippen molar-refractivity contribution in [3.05, 3.63) is 28.5 Å². The Hall–Kier alpha value is -2.56. The van der Waals surface area contributed by atoms with E-state index in [2.05, 4.69) is 6.07 Å². The summed E-state index contributed by atoms with van der Waals surface area (Å²) in [5.74, 6) is 0.237. The van der Waals surface area contributed by atoms with Crippen LogP contribution >= 0.6 is 0 Å². The van der Waals surface area contributed by atoms with E-state index < -0.39 is 0 Å². The largest absolute Gasteiger partial charge is 0.476 e. The number of rotatable bonds is 4. The summed E-state index contributed by atoms with van der Waals surface area (Å²) >= 11 is 0. The Morgan fingerprint density at radius 1 is 1.42 bits per heavy atom. The van der Waals surface area contributed by atoms with Crippen LogP contribution in [0, 0.1) is 11.3 Å². The molecular formula is C19H24N4O3. The van der Waals surface area contributed by atoms with E-state index >= 15 is 0 Å². The van der Waals surface area contributed by atoms with Gasteiger partial charge in [-0.25, -0.2) is 4.79 Å². The van der Waals surface area contributed by atoms with Crippen LogP contribution in [0.25, 0.3) is 10.9 Å². The van der Waals surface area contributed by atoms with Gasteiger partial charge in [-0.05, 0) is 34.1 Å². The zero-order valence-electron chi connectivity index (χ0n) is 15.9. The van der Waals surface area contributed by atoms with E-state index in [0.717, 1.165) is 22.2 Å².